The van der Waals surface area contributed by atoms with Gasteiger partial charge in [0.2, 0.25) is 0 Å². The summed E-state index contributed by atoms with van der Waals surface area (Å²) in [7, 11) is 0. The minimum Gasteiger partial charge on any atom is -0.550 e. The monoisotopic (exact) mass is 341 g/mol. The molecule has 0 amide bonds. The number of para-hydroxylation sites is 1. The average Bonchev–Trinajstić information content (AvgIpc) is 2.92. The molecule has 0 atom stereocenters. The molecule has 0 fully saturated rings. The van der Waals surface area contributed by atoms with E-state index in [1.807, 2.05) is 31.2 Å². The Morgan fingerprint density at radius 1 is 1.21 bits per heavy atom. The molecular weight excluding hydrogens is 327 g/mol. The maximum atomic E-state index is 13.8. The Labute approximate surface area is 142 Å². The van der Waals surface area contributed by atoms with E-state index in [1.165, 1.54) is 17.4 Å². The maximum Gasteiger partial charge on any atom is 0.188 e. The molecule has 3 aromatic rings. The molecule has 0 spiro atoms. The molecule has 0 saturated carbocycles. The zero-order chi connectivity index (χ0) is 17.1. The second-order valence-corrected chi connectivity index (χ2v) is 6.39. The first-order valence-corrected chi connectivity index (χ1v) is 8.13. The van der Waals surface area contributed by atoms with Crippen LogP contribution in [0.1, 0.15) is 10.4 Å². The van der Waals surface area contributed by atoms with E-state index in [0.717, 1.165) is 11.1 Å². The highest BCUT2D eigenvalue weighted by atomic mass is 32.1. The van der Waals surface area contributed by atoms with Crippen molar-refractivity contribution in [1.82, 2.24) is 4.98 Å². The Morgan fingerprint density at radius 2 is 1.92 bits per heavy atom. The van der Waals surface area contributed by atoms with Gasteiger partial charge in [-0.2, -0.15) is 0 Å². The number of nitrogens with one attached hydrogen (secondary N) is 1. The average molecular weight is 341 g/mol. The normalized spacial score (nSPS) is 10.6. The Kier molecular flexibility index (Phi) is 4.57. The van der Waals surface area contributed by atoms with Crippen LogP contribution < -0.4 is 10.4 Å². The van der Waals surface area contributed by atoms with Gasteiger partial charge in [-0.3, -0.25) is 0 Å². The van der Waals surface area contributed by atoms with Crippen LogP contribution in [0.2, 0.25) is 0 Å². The Bertz CT molecular complexity index is 875. The molecule has 2 aromatic carbocycles. The number of aromatic nitrogens is 1. The molecule has 0 saturated heterocycles. The van der Waals surface area contributed by atoms with Gasteiger partial charge < -0.3 is 15.2 Å². The summed E-state index contributed by atoms with van der Waals surface area (Å²) in [4.78, 5) is 16.0. The summed E-state index contributed by atoms with van der Waals surface area (Å²) < 4.78 is 13.8. The Hall–Kier alpha value is -2.73. The van der Waals surface area contributed by atoms with Crippen LogP contribution in [0.25, 0.3) is 11.3 Å². The second-order valence-electron chi connectivity index (χ2n) is 5.31. The number of hydrogen-bond acceptors (Lipinski definition) is 5. The number of carbonyl (C=O) groups excluding carboxylic acids is 1. The summed E-state index contributed by atoms with van der Waals surface area (Å²) in [5, 5.41) is 14.4. The molecular formula is C18H14FN2O2S-. The van der Waals surface area contributed by atoms with E-state index >= 15 is 0 Å². The fraction of sp³-hybridized carbons (Fsp3) is 0.111. The summed E-state index contributed by atoms with van der Waals surface area (Å²) in [6.07, 6.45) is -0.236. The molecule has 24 heavy (non-hydrogen) atoms. The SMILES string of the molecule is Cc1ccc(-c2nc(Nc3ccccc3F)sc2CC(=O)[O-])cc1. The molecule has 0 radical (unpaired) electrons. The van der Waals surface area contributed by atoms with Gasteiger partial charge in [-0.1, -0.05) is 42.0 Å². The van der Waals surface area contributed by atoms with Crippen molar-refractivity contribution in [2.45, 2.75) is 13.3 Å². The fourth-order valence-corrected chi connectivity index (χ4v) is 3.25. The minimum absolute atomic E-state index is 0.236. The Morgan fingerprint density at radius 3 is 2.58 bits per heavy atom. The van der Waals surface area contributed by atoms with Crippen LogP contribution in [-0.4, -0.2) is 11.0 Å². The highest BCUT2D eigenvalue weighted by Gasteiger charge is 2.14. The number of carboxylic acid groups (broad SMARTS) is 1. The molecule has 0 aliphatic carbocycles. The van der Waals surface area contributed by atoms with Crippen LogP contribution >= 0.6 is 11.3 Å². The van der Waals surface area contributed by atoms with Crippen molar-refractivity contribution in [3.8, 4) is 11.3 Å². The summed E-state index contributed by atoms with van der Waals surface area (Å²) in [5.41, 5.74) is 2.78. The lowest BCUT2D eigenvalue weighted by Crippen LogP contribution is -2.24. The first-order chi connectivity index (χ1) is 11.5. The third kappa shape index (κ3) is 3.60. The molecule has 0 aliphatic rings. The number of carbonyl (C=O) groups is 1. The number of carboxylic acids is 1. The van der Waals surface area contributed by atoms with Crippen LogP contribution in [0, 0.1) is 12.7 Å². The quantitative estimate of drug-likeness (QED) is 0.773. The topological polar surface area (TPSA) is 65.0 Å². The zero-order valence-electron chi connectivity index (χ0n) is 12.9. The molecule has 6 heteroatoms. The number of anilines is 2. The van der Waals surface area contributed by atoms with Crippen LogP contribution in [0.3, 0.4) is 0 Å². The van der Waals surface area contributed by atoms with Gasteiger partial charge in [0.1, 0.15) is 5.82 Å². The largest absolute Gasteiger partial charge is 0.550 e. The molecule has 1 heterocycles. The van der Waals surface area contributed by atoms with Crippen molar-refractivity contribution in [2.24, 2.45) is 0 Å². The van der Waals surface area contributed by atoms with Gasteiger partial charge in [0.05, 0.1) is 11.4 Å². The maximum absolute atomic E-state index is 13.8. The summed E-state index contributed by atoms with van der Waals surface area (Å²) in [6.45, 7) is 1.97. The van der Waals surface area contributed by atoms with Crippen molar-refractivity contribution in [1.29, 1.82) is 0 Å². The van der Waals surface area contributed by atoms with Crippen molar-refractivity contribution >= 4 is 28.1 Å². The molecule has 0 aliphatic heterocycles. The first-order valence-electron chi connectivity index (χ1n) is 7.31. The van der Waals surface area contributed by atoms with E-state index in [2.05, 4.69) is 10.3 Å². The first kappa shape index (κ1) is 16.1. The van der Waals surface area contributed by atoms with E-state index in [0.29, 0.717) is 21.4 Å². The molecule has 122 valence electrons. The number of aliphatic carboxylic acids is 1. The smallest absolute Gasteiger partial charge is 0.188 e. The van der Waals surface area contributed by atoms with Crippen LogP contribution in [-0.2, 0) is 11.2 Å². The minimum atomic E-state index is -1.18. The molecule has 4 nitrogen and oxygen atoms in total. The summed E-state index contributed by atoms with van der Waals surface area (Å²) in [5.74, 6) is -1.57. The highest BCUT2D eigenvalue weighted by Crippen LogP contribution is 2.33. The van der Waals surface area contributed by atoms with E-state index in [9.17, 15) is 14.3 Å². The second kappa shape index (κ2) is 6.80. The Balaban J connectivity index is 1.98. The molecule has 0 bridgehead atoms. The van der Waals surface area contributed by atoms with Crippen LogP contribution in [0.4, 0.5) is 15.2 Å². The number of hydrogen-bond donors (Lipinski definition) is 1. The lowest BCUT2D eigenvalue weighted by Gasteiger charge is -2.03. The lowest BCUT2D eigenvalue weighted by molar-refractivity contribution is -0.304. The van der Waals surface area contributed by atoms with E-state index in [1.54, 1.807) is 18.2 Å². The number of nitrogens with zero attached hydrogens (tertiary/aromatic N) is 1. The fourth-order valence-electron chi connectivity index (χ4n) is 2.27. The van der Waals surface area contributed by atoms with Crippen LogP contribution in [0.5, 0.6) is 0 Å². The van der Waals surface area contributed by atoms with Gasteiger partial charge in [-0.05, 0) is 19.1 Å². The summed E-state index contributed by atoms with van der Waals surface area (Å²) in [6, 6.07) is 13.9. The number of aryl methyl sites for hydroxylation is 1. The number of halogens is 1. The third-order valence-corrected chi connectivity index (χ3v) is 4.41. The molecule has 1 aromatic heterocycles. The van der Waals surface area contributed by atoms with E-state index < -0.39 is 11.8 Å². The van der Waals surface area contributed by atoms with E-state index in [-0.39, 0.29) is 6.42 Å². The highest BCUT2D eigenvalue weighted by molar-refractivity contribution is 7.16. The van der Waals surface area contributed by atoms with Crippen molar-refractivity contribution < 1.29 is 14.3 Å². The number of thiazole rings is 1. The number of benzene rings is 2. The van der Waals surface area contributed by atoms with Gasteiger partial charge in [0, 0.05) is 22.8 Å². The van der Waals surface area contributed by atoms with Crippen molar-refractivity contribution in [3.05, 3.63) is 64.8 Å². The van der Waals surface area contributed by atoms with Gasteiger partial charge in [0.25, 0.3) is 0 Å². The van der Waals surface area contributed by atoms with Crippen LogP contribution in [0.15, 0.2) is 48.5 Å². The third-order valence-electron chi connectivity index (χ3n) is 3.44. The number of rotatable bonds is 5. The zero-order valence-corrected chi connectivity index (χ0v) is 13.7. The standard InChI is InChI=1S/C18H15FN2O2S/c1-11-6-8-12(9-7-11)17-15(10-16(22)23)24-18(21-17)20-14-5-3-2-4-13(14)19/h2-9H,10H2,1H3,(H,20,21)(H,22,23)/p-1. The molecule has 1 N–H and O–H groups in total. The molecule has 0 unspecified atom stereocenters. The van der Waals surface area contributed by atoms with Gasteiger partial charge >= 0.3 is 0 Å². The molecule has 3 rings (SSSR count). The lowest BCUT2D eigenvalue weighted by atomic mass is 10.1. The predicted molar refractivity (Wildman–Crippen MR) is 90.7 cm³/mol. The summed E-state index contributed by atoms with van der Waals surface area (Å²) >= 11 is 1.18. The van der Waals surface area contributed by atoms with Gasteiger partial charge in [-0.25, -0.2) is 9.37 Å². The predicted octanol–water partition coefficient (Wildman–Crippen LogP) is 3.29. The van der Waals surface area contributed by atoms with Crippen molar-refractivity contribution in [3.63, 3.8) is 0 Å². The van der Waals surface area contributed by atoms with E-state index in [4.69, 9.17) is 0 Å². The van der Waals surface area contributed by atoms with Gasteiger partial charge in [-0.15, -0.1) is 11.3 Å². The van der Waals surface area contributed by atoms with Gasteiger partial charge in [0.15, 0.2) is 5.13 Å². The van der Waals surface area contributed by atoms with Crippen molar-refractivity contribution in [2.75, 3.05) is 5.32 Å².